The molecule has 2 atom stereocenters. The van der Waals surface area contributed by atoms with Gasteiger partial charge in [0.05, 0.1) is 22.6 Å². The van der Waals surface area contributed by atoms with Crippen LogP contribution in [0.2, 0.25) is 0 Å². The Morgan fingerprint density at radius 1 is 0.812 bits per heavy atom. The highest BCUT2D eigenvalue weighted by Crippen LogP contribution is 2.37. The molecule has 6 amide bonds. The van der Waals surface area contributed by atoms with E-state index in [9.17, 15) is 28.8 Å². The summed E-state index contributed by atoms with van der Waals surface area (Å²) in [5, 5.41) is 7.93. The SMILES string of the molecule is Nc1ncnc2c1c(-c1ccc(Oc3ccccc3)cc1)nn2C1CCCN(C(=O)CCCN2CCN(C(=O)CCSc3cccc4c3C(=O)N(C3CCC(=O)NC3=O)C4=O)CC2)C1. The Hall–Kier alpha value is -6.66. The smallest absolute Gasteiger partial charge is 0.263 e. The van der Waals surface area contributed by atoms with Gasteiger partial charge in [0.1, 0.15) is 35.4 Å². The number of carbonyl (C=O) groups excluding carboxylic acids is 6. The van der Waals surface area contributed by atoms with Gasteiger partial charge in [0.15, 0.2) is 5.65 Å². The van der Waals surface area contributed by atoms with Crippen molar-refractivity contribution in [2.45, 2.75) is 61.9 Å². The van der Waals surface area contributed by atoms with Crippen LogP contribution < -0.4 is 15.8 Å². The van der Waals surface area contributed by atoms with Crippen LogP contribution in [0.1, 0.15) is 71.7 Å². The molecule has 3 saturated heterocycles. The molecule has 3 fully saturated rings. The van der Waals surface area contributed by atoms with Crippen LogP contribution in [-0.4, -0.2) is 132 Å². The molecule has 330 valence electrons. The maximum atomic E-state index is 13.6. The predicted molar refractivity (Wildman–Crippen MR) is 237 cm³/mol. The number of nitrogens with zero attached hydrogens (tertiary/aromatic N) is 8. The first-order chi connectivity index (χ1) is 31.1. The van der Waals surface area contributed by atoms with E-state index in [2.05, 4.69) is 20.2 Å². The van der Waals surface area contributed by atoms with Crippen LogP contribution in [0.3, 0.4) is 0 Å². The third-order valence-corrected chi connectivity index (χ3v) is 13.4. The predicted octanol–water partition coefficient (Wildman–Crippen LogP) is 4.54. The molecule has 3 N–H and O–H groups in total. The van der Waals surface area contributed by atoms with E-state index < -0.39 is 29.7 Å². The average molecular weight is 885 g/mol. The standard InChI is InChI=1S/C46H48N10O7S/c47-42-40-41(29-13-15-32(16-14-29)63-31-8-2-1-3-9-31)51-56(43(40)49-28-48-42)30-7-5-21-54(27-30)37(58)12-6-20-52-22-24-53(25-23-52)38(59)19-26-64-35-11-4-10-33-39(35)46(62)55(45(33)61)34-17-18-36(57)50-44(34)60/h1-4,8-11,13-16,28,30,34H,5-7,12,17-27H2,(H2,47,48,49)(H,50,57,60). The molecular weight excluding hydrogens is 837 g/mol. The number of hydrogen-bond acceptors (Lipinski definition) is 13. The van der Waals surface area contributed by atoms with Crippen molar-refractivity contribution in [3.8, 4) is 22.8 Å². The number of ether oxygens (including phenoxy) is 1. The quantitative estimate of drug-likeness (QED) is 0.123. The molecule has 6 heterocycles. The Kier molecular flexibility index (Phi) is 12.4. The maximum Gasteiger partial charge on any atom is 0.263 e. The molecule has 0 radical (unpaired) electrons. The number of hydrogen-bond donors (Lipinski definition) is 2. The van der Waals surface area contributed by atoms with Gasteiger partial charge in [-0.25, -0.2) is 14.6 Å². The van der Waals surface area contributed by atoms with Gasteiger partial charge in [0.2, 0.25) is 23.6 Å². The van der Waals surface area contributed by atoms with Crippen molar-refractivity contribution >= 4 is 64.1 Å². The number of nitrogens with two attached hydrogens (primary N) is 1. The summed E-state index contributed by atoms with van der Waals surface area (Å²) in [4.78, 5) is 94.0. The van der Waals surface area contributed by atoms with Gasteiger partial charge < -0.3 is 20.3 Å². The summed E-state index contributed by atoms with van der Waals surface area (Å²) in [6.07, 6.45) is 4.64. The third-order valence-electron chi connectivity index (χ3n) is 12.3. The van der Waals surface area contributed by atoms with Crippen LogP contribution >= 0.6 is 11.8 Å². The molecule has 5 aromatic rings. The van der Waals surface area contributed by atoms with Crippen LogP contribution in [0.25, 0.3) is 22.3 Å². The first-order valence-corrected chi connectivity index (χ1v) is 22.7. The lowest BCUT2D eigenvalue weighted by molar-refractivity contribution is -0.136. The van der Waals surface area contributed by atoms with Crippen LogP contribution in [0.4, 0.5) is 5.82 Å². The number of aromatic nitrogens is 4. The zero-order chi connectivity index (χ0) is 44.3. The number of fused-ring (bicyclic) bond motifs is 2. The third kappa shape index (κ3) is 8.79. The minimum atomic E-state index is -1.04. The van der Waals surface area contributed by atoms with Crippen LogP contribution in [0.5, 0.6) is 11.5 Å². The fourth-order valence-electron chi connectivity index (χ4n) is 8.98. The first kappa shape index (κ1) is 42.6. The number of piperazine rings is 1. The molecule has 2 aromatic heterocycles. The zero-order valence-corrected chi connectivity index (χ0v) is 36.0. The molecule has 18 heteroatoms. The van der Waals surface area contributed by atoms with Crippen LogP contribution in [0.15, 0.2) is 84.0 Å². The minimum absolute atomic E-state index is 0.0136. The number of carbonyl (C=O) groups is 6. The summed E-state index contributed by atoms with van der Waals surface area (Å²) >= 11 is 1.33. The Balaban J connectivity index is 0.733. The summed E-state index contributed by atoms with van der Waals surface area (Å²) in [6, 6.07) is 21.1. The monoisotopic (exact) mass is 884 g/mol. The van der Waals surface area contributed by atoms with Crippen molar-refractivity contribution in [1.82, 2.24) is 44.7 Å². The van der Waals surface area contributed by atoms with E-state index in [1.807, 2.05) is 69.1 Å². The molecule has 0 aliphatic carbocycles. The van der Waals surface area contributed by atoms with E-state index >= 15 is 0 Å². The number of piperidine rings is 2. The number of thioether (sulfide) groups is 1. The molecule has 3 aromatic carbocycles. The number of amides is 6. The molecule has 4 aliphatic rings. The lowest BCUT2D eigenvalue weighted by Crippen LogP contribution is -2.54. The fourth-order valence-corrected chi connectivity index (χ4v) is 9.99. The second kappa shape index (κ2) is 18.6. The van der Waals surface area contributed by atoms with E-state index in [0.717, 1.165) is 35.6 Å². The second-order valence-electron chi connectivity index (χ2n) is 16.4. The number of nitrogens with one attached hydrogen (secondary N) is 1. The molecule has 64 heavy (non-hydrogen) atoms. The molecule has 0 spiro atoms. The molecule has 4 aliphatic heterocycles. The Morgan fingerprint density at radius 3 is 2.36 bits per heavy atom. The second-order valence-corrected chi connectivity index (χ2v) is 17.5. The minimum Gasteiger partial charge on any atom is -0.457 e. The molecule has 2 unspecified atom stereocenters. The number of likely N-dealkylation sites (tertiary alicyclic amines) is 1. The number of para-hydroxylation sites is 1. The topological polar surface area (TPSA) is 206 Å². The van der Waals surface area contributed by atoms with Crippen molar-refractivity contribution in [2.75, 3.05) is 57.3 Å². The van der Waals surface area contributed by atoms with E-state index in [1.165, 1.54) is 18.1 Å². The highest BCUT2D eigenvalue weighted by molar-refractivity contribution is 7.99. The molecule has 0 saturated carbocycles. The van der Waals surface area contributed by atoms with Crippen molar-refractivity contribution in [3.63, 3.8) is 0 Å². The van der Waals surface area contributed by atoms with E-state index in [-0.39, 0.29) is 48.2 Å². The first-order valence-electron chi connectivity index (χ1n) is 21.7. The number of rotatable bonds is 13. The Bertz CT molecular complexity index is 2610. The summed E-state index contributed by atoms with van der Waals surface area (Å²) in [6.45, 7) is 4.53. The van der Waals surface area contributed by atoms with Gasteiger partial charge in [-0.15, -0.1) is 11.8 Å². The number of benzene rings is 3. The lowest BCUT2D eigenvalue weighted by Gasteiger charge is -2.35. The molecular formula is C46H48N10O7S. The fraction of sp³-hybridized carbons (Fsp3) is 0.370. The highest BCUT2D eigenvalue weighted by Gasteiger charge is 2.45. The van der Waals surface area contributed by atoms with Gasteiger partial charge in [-0.2, -0.15) is 5.10 Å². The molecule has 17 nitrogen and oxygen atoms in total. The van der Waals surface area contributed by atoms with Crippen molar-refractivity contribution in [1.29, 1.82) is 0 Å². The van der Waals surface area contributed by atoms with E-state index in [1.54, 1.807) is 18.2 Å². The molecule has 0 bridgehead atoms. The lowest BCUT2D eigenvalue weighted by atomic mass is 10.0. The van der Waals surface area contributed by atoms with Gasteiger partial charge in [-0.05, 0) is 80.8 Å². The largest absolute Gasteiger partial charge is 0.457 e. The number of anilines is 1. The Morgan fingerprint density at radius 2 is 1.58 bits per heavy atom. The van der Waals surface area contributed by atoms with Gasteiger partial charge in [0, 0.05) is 74.7 Å². The van der Waals surface area contributed by atoms with Crippen LogP contribution in [-0.2, 0) is 19.2 Å². The van der Waals surface area contributed by atoms with E-state index in [0.29, 0.717) is 91.1 Å². The number of nitrogen functional groups attached to an aromatic ring is 1. The zero-order valence-electron chi connectivity index (χ0n) is 35.2. The van der Waals surface area contributed by atoms with Gasteiger partial charge in [-0.3, -0.25) is 43.9 Å². The highest BCUT2D eigenvalue weighted by atomic mass is 32.2. The summed E-state index contributed by atoms with van der Waals surface area (Å²) in [5.74, 6) is 0.119. The average Bonchev–Trinajstić information content (AvgIpc) is 3.83. The summed E-state index contributed by atoms with van der Waals surface area (Å²) < 4.78 is 7.90. The van der Waals surface area contributed by atoms with Crippen molar-refractivity contribution < 1.29 is 33.5 Å². The van der Waals surface area contributed by atoms with E-state index in [4.69, 9.17) is 15.6 Å². The molecule has 9 rings (SSSR count). The van der Waals surface area contributed by atoms with Crippen molar-refractivity contribution in [3.05, 3.63) is 90.3 Å². The van der Waals surface area contributed by atoms with Crippen LogP contribution in [0, 0.1) is 0 Å². The van der Waals surface area contributed by atoms with Gasteiger partial charge >= 0.3 is 0 Å². The van der Waals surface area contributed by atoms with Gasteiger partial charge in [-0.1, -0.05) is 24.3 Å². The summed E-state index contributed by atoms with van der Waals surface area (Å²) in [5.41, 5.74) is 9.04. The van der Waals surface area contributed by atoms with Gasteiger partial charge in [0.25, 0.3) is 11.8 Å². The normalized spacial score (nSPS) is 19.3. The number of imide groups is 2. The Labute approximate surface area is 373 Å². The maximum absolute atomic E-state index is 13.6. The van der Waals surface area contributed by atoms with Crippen molar-refractivity contribution in [2.24, 2.45) is 0 Å². The summed E-state index contributed by atoms with van der Waals surface area (Å²) in [7, 11) is 0.